The monoisotopic (exact) mass is 285 g/mol. The maximum atomic E-state index is 4.08. The van der Waals surface area contributed by atoms with Crippen LogP contribution in [0.15, 0.2) is 0 Å². The van der Waals surface area contributed by atoms with Crippen LogP contribution in [0.1, 0.15) is 29.7 Å². The van der Waals surface area contributed by atoms with Crippen LogP contribution in [0.3, 0.4) is 0 Å². The average molecular weight is 285 g/mol. The van der Waals surface area contributed by atoms with Gasteiger partial charge in [-0.05, 0) is 11.7 Å². The number of hydrogen-bond donors (Lipinski definition) is 0. The van der Waals surface area contributed by atoms with Crippen LogP contribution in [-0.2, 0) is 0 Å². The molecule has 0 saturated heterocycles. The van der Waals surface area contributed by atoms with Gasteiger partial charge < -0.3 is 0 Å². The molecule has 14 heavy (non-hydrogen) atoms. The summed E-state index contributed by atoms with van der Waals surface area (Å²) in [6.07, 6.45) is 0. The average Bonchev–Trinajstić information content (AvgIpc) is 2.20. The Morgan fingerprint density at radius 2 is 0.429 bits per heavy atom. The van der Waals surface area contributed by atoms with Crippen molar-refractivity contribution in [1.29, 1.82) is 0 Å². The Bertz CT molecular complexity index is 33.0. The first kappa shape index (κ1) is 81.3. The zero-order chi connectivity index (χ0) is 10.0. The molecule has 0 fully saturated rings. The third-order valence-electron chi connectivity index (χ3n) is 0. The Kier molecular flexibility index (Phi) is 12900. The van der Waals surface area contributed by atoms with Crippen LogP contribution in [0.4, 0.5) is 0 Å². The molecule has 0 rings (SSSR count). The second-order valence-corrected chi connectivity index (χ2v) is 0. The summed E-state index contributed by atoms with van der Waals surface area (Å²) in [7, 11) is 0. The fourth-order valence-electron chi connectivity index (χ4n) is 0. The van der Waals surface area contributed by atoms with Crippen LogP contribution in [0.2, 0.25) is 0 Å². The van der Waals surface area contributed by atoms with Gasteiger partial charge in [-0.2, -0.15) is 0 Å². The van der Waals surface area contributed by atoms with Crippen LogP contribution in [0, 0.1) is 0 Å². The van der Waals surface area contributed by atoms with E-state index in [1.807, 2.05) is 0 Å². The third-order valence-corrected chi connectivity index (χ3v) is 0. The van der Waals surface area contributed by atoms with Crippen molar-refractivity contribution in [1.82, 2.24) is 0 Å². The number of hydrogen-bond acceptors (Lipinski definition) is 5. The van der Waals surface area contributed by atoms with Crippen molar-refractivity contribution in [3.05, 3.63) is 0 Å². The first-order valence-electron chi connectivity index (χ1n) is 1.28. The summed E-state index contributed by atoms with van der Waals surface area (Å²) < 4.78 is 0. The Balaban J connectivity index is -0.00000000298. The van der Waals surface area contributed by atoms with Gasteiger partial charge in [0.05, 0.1) is 0 Å². The first-order valence-corrected chi connectivity index (χ1v) is 3.85. The summed E-state index contributed by atoms with van der Waals surface area (Å²) >= 11 is 18.4. The van der Waals surface area contributed by atoms with Crippen molar-refractivity contribution < 1.29 is 0 Å². The van der Waals surface area contributed by atoms with Gasteiger partial charge in [-0.3, -0.25) is 0 Å². The van der Waals surface area contributed by atoms with Gasteiger partial charge in [-0.15, -0.1) is 0 Å². The summed E-state index contributed by atoms with van der Waals surface area (Å²) in [5, 5.41) is 0. The second-order valence-electron chi connectivity index (χ2n) is 0. The molecule has 0 N–H and O–H groups in total. The minimum absolute atomic E-state index is 0. The second kappa shape index (κ2) is 2230. The quantitative estimate of drug-likeness (QED) is 0.470. The predicted molar refractivity (Wildman–Crippen MR) is 96.4 cm³/mol. The zero-order valence-electron chi connectivity index (χ0n) is 5.19. The number of rotatable bonds is 0. The van der Waals surface area contributed by atoms with E-state index in [0.717, 1.165) is 0 Å². The molecule has 0 aliphatic rings. The van der Waals surface area contributed by atoms with Gasteiger partial charge in [0.15, 0.2) is 0 Å². The Labute approximate surface area is 121 Å². The molecule has 0 nitrogen and oxygen atoms in total. The molecule has 0 aromatic carbocycles. The van der Waals surface area contributed by atoms with Gasteiger partial charge in [0, 0.05) is 0 Å². The van der Waals surface area contributed by atoms with E-state index in [-0.39, 0.29) is 29.7 Å². The molecule has 0 aliphatic heterocycles. The molecule has 0 aliphatic carbocycles. The first-order chi connectivity index (χ1) is 5.00. The predicted octanol–water partition coefficient (Wildman–Crippen LogP) is 4.58. The Hall–Kier alpha value is 1.03. The Morgan fingerprint density at radius 1 is 0.429 bits per heavy atom. The Morgan fingerprint density at radius 3 is 0.429 bits per heavy atom. The van der Waals surface area contributed by atoms with E-state index in [1.165, 1.54) is 0 Å². The number of thiocarbonyl (C=S) groups is 2. The summed E-state index contributed by atoms with van der Waals surface area (Å²) in [5.74, 6) is 5.67. The third kappa shape index (κ3) is 1760. The van der Waals surface area contributed by atoms with Crippen molar-refractivity contribution in [3.63, 3.8) is 0 Å². The molecule has 0 aromatic heterocycles. The topological polar surface area (TPSA) is 0 Å². The van der Waals surface area contributed by atoms with Crippen LogP contribution in [-0.4, -0.2) is 31.9 Å². The van der Waals surface area contributed by atoms with Gasteiger partial charge in [0.1, 0.15) is 0 Å². The van der Waals surface area contributed by atoms with Crippen molar-refractivity contribution in [3.8, 4) is 0 Å². The van der Waals surface area contributed by atoms with Gasteiger partial charge in [-0.1, -0.05) is 54.1 Å². The summed E-state index contributed by atoms with van der Waals surface area (Å²) in [6, 6.07) is 0. The molecule has 0 atom stereocenters. The van der Waals surface area contributed by atoms with E-state index < -0.39 is 0 Å². The van der Waals surface area contributed by atoms with E-state index in [9.17, 15) is 0 Å². The molecule has 0 spiro atoms. The molecule has 83 valence electrons. The molecule has 0 bridgehead atoms. The molecule has 8 heteroatoms. The molecule has 0 unspecified atom stereocenters. The standard InChI is InChI=1S/2CH2S.4CH4.3BS/c2*1-2;;;;;3*1-2/h2*1H2;4*1H4;;;. The van der Waals surface area contributed by atoms with E-state index in [1.54, 1.807) is 0 Å². The normalized spacial score (nSPS) is 1.21. The molecule has 0 heterocycles. The zero-order valence-corrected chi connectivity index (χ0v) is 9.27. The molecule has 0 aromatic rings. The van der Waals surface area contributed by atoms with Crippen LogP contribution >= 0.6 is 60.6 Å². The van der Waals surface area contributed by atoms with Crippen LogP contribution in [0.25, 0.3) is 0 Å². The van der Waals surface area contributed by atoms with Gasteiger partial charge in [0.25, 0.3) is 0 Å². The van der Waals surface area contributed by atoms with Crippen molar-refractivity contribution in [2.24, 2.45) is 0 Å². The fourth-order valence-corrected chi connectivity index (χ4v) is 0. The van der Waals surface area contributed by atoms with E-state index in [2.05, 4.69) is 92.5 Å². The summed E-state index contributed by atoms with van der Waals surface area (Å²) in [4.78, 5) is 0. The fraction of sp³-hybridized carbons (Fsp3) is 0.667. The summed E-state index contributed by atoms with van der Waals surface area (Å²) in [5.41, 5.74) is 0. The SMILES string of the molecule is C.C.C.C.C=S.C=S.[B]=S.[B]=S.[B]=S. The van der Waals surface area contributed by atoms with Crippen molar-refractivity contribution in [2.45, 2.75) is 29.7 Å². The van der Waals surface area contributed by atoms with E-state index in [4.69, 9.17) is 0 Å². The molecular weight excluding hydrogens is 265 g/mol. The minimum atomic E-state index is 0. The van der Waals surface area contributed by atoms with Crippen LogP contribution < -0.4 is 0 Å². The molecular formula is C6H20B3S5. The van der Waals surface area contributed by atoms with Gasteiger partial charge >= 0.3 is 56.3 Å². The molecule has 0 saturated carbocycles. The van der Waals surface area contributed by atoms with Gasteiger partial charge in [-0.25, -0.2) is 0 Å². The maximum absolute atomic E-state index is 4.08. The molecule has 0 amide bonds. The van der Waals surface area contributed by atoms with Crippen molar-refractivity contribution in [2.75, 3.05) is 0 Å². The van der Waals surface area contributed by atoms with E-state index >= 15 is 0 Å². The summed E-state index contributed by atoms with van der Waals surface area (Å²) in [6.45, 7) is 12.2. The molecule has 3 radical (unpaired) electrons. The van der Waals surface area contributed by atoms with E-state index in [0.29, 0.717) is 0 Å². The van der Waals surface area contributed by atoms with Crippen molar-refractivity contribution >= 4 is 92.5 Å². The van der Waals surface area contributed by atoms with Crippen LogP contribution in [0.5, 0.6) is 0 Å². The van der Waals surface area contributed by atoms with Gasteiger partial charge in [0.2, 0.25) is 0 Å².